The predicted octanol–water partition coefficient (Wildman–Crippen LogP) is 8.86. The molecule has 5 rings (SSSR count). The van der Waals surface area contributed by atoms with Crippen molar-refractivity contribution in [3.63, 3.8) is 0 Å². The molecule has 0 atom stereocenters. The van der Waals surface area contributed by atoms with Crippen molar-refractivity contribution in [1.29, 1.82) is 0 Å². The second kappa shape index (κ2) is 8.66. The smallest absolute Gasteiger partial charge is 0.143 e. The number of hydrogen-bond acceptors (Lipinski definition) is 2. The summed E-state index contributed by atoms with van der Waals surface area (Å²) in [4.78, 5) is 2.28. The summed E-state index contributed by atoms with van der Waals surface area (Å²) in [6.45, 7) is 11.3. The Morgan fingerprint density at radius 2 is 1.32 bits per heavy atom. The van der Waals surface area contributed by atoms with Crippen LogP contribution in [0.15, 0.2) is 107 Å². The fourth-order valence-electron chi connectivity index (χ4n) is 4.69. The Hall–Kier alpha value is -3.56. The standard InChI is InChI=1S/C31H31NOSi/c1-6-22(2)32(24-12-8-7-9-13-24)25-20-18-23(19-21-25)26-14-10-15-27-28-16-11-17-29(34(3,4)5)31(28)33-30(26)27/h6-21H,1-5H3. The molecule has 2 nitrogen and oxygen atoms in total. The third kappa shape index (κ3) is 3.86. The van der Waals surface area contributed by atoms with Gasteiger partial charge in [-0.1, -0.05) is 92.4 Å². The first-order valence-corrected chi connectivity index (χ1v) is 15.4. The summed E-state index contributed by atoms with van der Waals surface area (Å²) in [6.07, 6.45) is 2.15. The van der Waals surface area contributed by atoms with Gasteiger partial charge in [0.2, 0.25) is 0 Å². The third-order valence-corrected chi connectivity index (χ3v) is 8.56. The number of fused-ring (bicyclic) bond motifs is 3. The van der Waals surface area contributed by atoms with Crippen molar-refractivity contribution in [2.45, 2.75) is 33.5 Å². The van der Waals surface area contributed by atoms with E-state index in [1.807, 2.05) is 0 Å². The molecule has 0 bridgehead atoms. The molecular formula is C31H31NOSi. The topological polar surface area (TPSA) is 16.4 Å². The van der Waals surface area contributed by atoms with E-state index in [0.29, 0.717) is 0 Å². The Morgan fingerprint density at radius 3 is 1.97 bits per heavy atom. The normalized spacial score (nSPS) is 12.4. The van der Waals surface area contributed by atoms with Crippen LogP contribution in [0.2, 0.25) is 19.6 Å². The van der Waals surface area contributed by atoms with Crippen molar-refractivity contribution in [1.82, 2.24) is 0 Å². The molecule has 0 saturated heterocycles. The minimum Gasteiger partial charge on any atom is -0.456 e. The first-order valence-electron chi connectivity index (χ1n) is 11.9. The van der Waals surface area contributed by atoms with Crippen LogP contribution in [0, 0.1) is 0 Å². The zero-order valence-electron chi connectivity index (χ0n) is 20.6. The average Bonchev–Trinajstić information content (AvgIpc) is 3.23. The summed E-state index contributed by atoms with van der Waals surface area (Å²) in [5.41, 5.74) is 7.81. The molecule has 3 heteroatoms. The molecule has 0 spiro atoms. The van der Waals surface area contributed by atoms with Crippen LogP contribution in [0.5, 0.6) is 0 Å². The second-order valence-electron chi connectivity index (χ2n) is 9.86. The van der Waals surface area contributed by atoms with Crippen LogP contribution in [-0.2, 0) is 0 Å². The van der Waals surface area contributed by atoms with Gasteiger partial charge in [-0.3, -0.25) is 0 Å². The monoisotopic (exact) mass is 461 g/mol. The maximum absolute atomic E-state index is 6.61. The number of nitrogens with zero attached hydrogens (tertiary/aromatic N) is 1. The molecule has 0 unspecified atom stereocenters. The molecule has 170 valence electrons. The molecule has 1 aromatic heterocycles. The Kier molecular flexibility index (Phi) is 5.66. The van der Waals surface area contributed by atoms with Gasteiger partial charge >= 0.3 is 0 Å². The molecule has 0 aliphatic heterocycles. The lowest BCUT2D eigenvalue weighted by atomic mass is 10.0. The highest BCUT2D eigenvalue weighted by molar-refractivity contribution is 6.90. The molecule has 0 aliphatic carbocycles. The van der Waals surface area contributed by atoms with E-state index < -0.39 is 8.07 Å². The van der Waals surface area contributed by atoms with Gasteiger partial charge in [0.25, 0.3) is 0 Å². The Bertz CT molecular complexity index is 1490. The van der Waals surface area contributed by atoms with E-state index in [2.05, 4.69) is 135 Å². The molecule has 0 radical (unpaired) electrons. The summed E-state index contributed by atoms with van der Waals surface area (Å²) < 4.78 is 6.61. The van der Waals surface area contributed by atoms with Crippen molar-refractivity contribution < 1.29 is 4.42 Å². The first-order chi connectivity index (χ1) is 16.4. The summed E-state index contributed by atoms with van der Waals surface area (Å²) in [5.74, 6) is 0. The number of benzene rings is 4. The lowest BCUT2D eigenvalue weighted by Gasteiger charge is -2.26. The van der Waals surface area contributed by atoms with Gasteiger partial charge in [-0.2, -0.15) is 0 Å². The zero-order chi connectivity index (χ0) is 23.9. The van der Waals surface area contributed by atoms with E-state index in [9.17, 15) is 0 Å². The highest BCUT2D eigenvalue weighted by atomic mass is 28.3. The lowest BCUT2D eigenvalue weighted by Crippen LogP contribution is -2.37. The van der Waals surface area contributed by atoms with Crippen LogP contribution in [0.25, 0.3) is 33.1 Å². The summed E-state index contributed by atoms with van der Waals surface area (Å²) in [5, 5.41) is 3.78. The van der Waals surface area contributed by atoms with E-state index in [1.165, 1.54) is 21.7 Å². The minimum atomic E-state index is -1.53. The van der Waals surface area contributed by atoms with Crippen LogP contribution in [0.1, 0.15) is 13.8 Å². The quantitative estimate of drug-likeness (QED) is 0.243. The van der Waals surface area contributed by atoms with Crippen LogP contribution in [0.4, 0.5) is 11.4 Å². The number of anilines is 2. The van der Waals surface area contributed by atoms with Crippen molar-refractivity contribution in [3.8, 4) is 11.1 Å². The van der Waals surface area contributed by atoms with E-state index in [-0.39, 0.29) is 0 Å². The molecule has 0 amide bonds. The van der Waals surface area contributed by atoms with E-state index >= 15 is 0 Å². The largest absolute Gasteiger partial charge is 0.456 e. The van der Waals surface area contributed by atoms with E-state index in [0.717, 1.165) is 33.7 Å². The summed E-state index contributed by atoms with van der Waals surface area (Å²) >= 11 is 0. The molecule has 0 N–H and O–H groups in total. The number of allylic oxidation sites excluding steroid dienone is 2. The van der Waals surface area contributed by atoms with Crippen molar-refractivity contribution >= 4 is 46.6 Å². The third-order valence-electron chi connectivity index (χ3n) is 6.55. The predicted molar refractivity (Wildman–Crippen MR) is 150 cm³/mol. The molecule has 0 saturated carbocycles. The lowest BCUT2D eigenvalue weighted by molar-refractivity contribution is 0.672. The van der Waals surface area contributed by atoms with Gasteiger partial charge in [-0.25, -0.2) is 0 Å². The second-order valence-corrected chi connectivity index (χ2v) is 14.9. The SMILES string of the molecule is CC=C(C)N(c1ccccc1)c1ccc(-c2cccc3c2oc2c([Si](C)(C)C)cccc23)cc1. The summed E-state index contributed by atoms with van der Waals surface area (Å²) in [6, 6.07) is 32.4. The first kappa shape index (κ1) is 22.2. The Labute approximate surface area is 203 Å². The van der Waals surface area contributed by atoms with E-state index in [1.54, 1.807) is 0 Å². The van der Waals surface area contributed by atoms with Gasteiger partial charge in [0, 0.05) is 33.4 Å². The van der Waals surface area contributed by atoms with Crippen LogP contribution < -0.4 is 10.1 Å². The molecule has 5 aromatic rings. The molecular weight excluding hydrogens is 430 g/mol. The zero-order valence-corrected chi connectivity index (χ0v) is 21.6. The molecule has 4 aromatic carbocycles. The summed E-state index contributed by atoms with van der Waals surface area (Å²) in [7, 11) is -1.53. The van der Waals surface area contributed by atoms with Crippen LogP contribution in [0.3, 0.4) is 0 Å². The molecule has 0 aliphatic rings. The highest BCUT2D eigenvalue weighted by Crippen LogP contribution is 2.37. The number of para-hydroxylation sites is 3. The van der Waals surface area contributed by atoms with Crippen molar-refractivity contribution in [2.24, 2.45) is 0 Å². The molecule has 0 fully saturated rings. The number of hydrogen-bond donors (Lipinski definition) is 0. The van der Waals surface area contributed by atoms with Gasteiger partial charge in [-0.15, -0.1) is 0 Å². The van der Waals surface area contributed by atoms with Gasteiger partial charge in [0.1, 0.15) is 11.2 Å². The van der Waals surface area contributed by atoms with Crippen molar-refractivity contribution in [2.75, 3.05) is 4.90 Å². The van der Waals surface area contributed by atoms with Gasteiger partial charge in [-0.05, 0) is 48.9 Å². The molecule has 34 heavy (non-hydrogen) atoms. The van der Waals surface area contributed by atoms with E-state index in [4.69, 9.17) is 4.42 Å². The fourth-order valence-corrected chi connectivity index (χ4v) is 6.15. The molecule has 1 heterocycles. The average molecular weight is 462 g/mol. The van der Waals surface area contributed by atoms with Crippen LogP contribution in [-0.4, -0.2) is 8.07 Å². The van der Waals surface area contributed by atoms with Crippen molar-refractivity contribution in [3.05, 3.63) is 103 Å². The number of furan rings is 1. The fraction of sp³-hybridized carbons (Fsp3) is 0.161. The maximum atomic E-state index is 6.61. The Morgan fingerprint density at radius 1 is 0.706 bits per heavy atom. The maximum Gasteiger partial charge on any atom is 0.143 e. The van der Waals surface area contributed by atoms with Gasteiger partial charge < -0.3 is 9.32 Å². The van der Waals surface area contributed by atoms with Gasteiger partial charge in [0.15, 0.2) is 0 Å². The van der Waals surface area contributed by atoms with Crippen LogP contribution >= 0.6 is 0 Å². The minimum absolute atomic E-state index is 0.973. The highest BCUT2D eigenvalue weighted by Gasteiger charge is 2.23. The number of rotatable bonds is 5. The van der Waals surface area contributed by atoms with Gasteiger partial charge in [0.05, 0.1) is 8.07 Å². The Balaban J connectivity index is 1.62.